The first-order valence-corrected chi connectivity index (χ1v) is 2.12. The van der Waals surface area contributed by atoms with E-state index in [1.165, 1.54) is 0 Å². The molecule has 0 bridgehead atoms. The monoisotopic (exact) mass is 118 g/mol. The van der Waals surface area contributed by atoms with Crippen molar-refractivity contribution < 1.29 is 14.1 Å². The van der Waals surface area contributed by atoms with Gasteiger partial charge in [-0.15, -0.1) is 0 Å². The van der Waals surface area contributed by atoms with Gasteiger partial charge in [0.1, 0.15) is 11.3 Å². The summed E-state index contributed by atoms with van der Waals surface area (Å²) >= 11 is -0.00644. The maximum atomic E-state index is 9.49. The van der Waals surface area contributed by atoms with Crippen molar-refractivity contribution in [1.82, 2.24) is 0 Å². The molecule has 0 amide bonds. The molecule has 0 atom stereocenters. The molecule has 0 radical (unpaired) electrons. The summed E-state index contributed by atoms with van der Waals surface area (Å²) in [5.41, 5.74) is 0. The van der Waals surface area contributed by atoms with Crippen molar-refractivity contribution in [2.75, 3.05) is 0 Å². The molecule has 0 unspecified atom stereocenters. The van der Waals surface area contributed by atoms with Gasteiger partial charge in [0.15, 0.2) is 0 Å². The number of carbonyl (C=O) groups is 1. The van der Waals surface area contributed by atoms with Crippen LogP contribution in [0.4, 0.5) is 0 Å². The molecular weight excluding hydrogens is 116 g/mol. The molecule has 0 aliphatic carbocycles. The third kappa shape index (κ3) is 5.14. The van der Waals surface area contributed by atoms with Crippen LogP contribution in [0.2, 0.25) is 0 Å². The van der Waals surface area contributed by atoms with Gasteiger partial charge in [-0.1, -0.05) is 0 Å². The van der Waals surface area contributed by atoms with Crippen molar-refractivity contribution in [1.29, 1.82) is 0 Å². The quantitative estimate of drug-likeness (QED) is 0.364. The number of aliphatic carboxylic acids is 1. The van der Waals surface area contributed by atoms with Gasteiger partial charge in [-0.25, -0.2) is 9.00 Å². The lowest BCUT2D eigenvalue weighted by Crippen LogP contribution is -1.84. The molecule has 0 saturated heterocycles. The minimum absolute atomic E-state index is 0.00644. The average Bonchev–Trinajstić information content (AvgIpc) is 1.61. The van der Waals surface area contributed by atoms with E-state index in [2.05, 4.69) is 0 Å². The van der Waals surface area contributed by atoms with Crippen molar-refractivity contribution in [3.8, 4) is 0 Å². The van der Waals surface area contributed by atoms with Crippen molar-refractivity contribution in [2.24, 2.45) is 0 Å². The van der Waals surface area contributed by atoms with Gasteiger partial charge in [-0.05, 0) is 5.02 Å². The summed E-state index contributed by atoms with van der Waals surface area (Å²) in [5.74, 6) is -1.15. The Kier molecular flexibility index (Phi) is 2.92. The normalized spacial score (nSPS) is 6.29. The highest BCUT2D eigenvalue weighted by Gasteiger charge is 1.78. The highest BCUT2D eigenvalue weighted by molar-refractivity contribution is 7.64. The van der Waals surface area contributed by atoms with Crippen LogP contribution in [0.25, 0.3) is 0 Å². The number of carboxylic acids is 1. The SMILES string of the molecule is O=S=C=CC(=O)O. The summed E-state index contributed by atoms with van der Waals surface area (Å²) in [4.78, 5) is 9.49. The van der Waals surface area contributed by atoms with Crippen LogP contribution in [0, 0.1) is 0 Å². The van der Waals surface area contributed by atoms with E-state index in [4.69, 9.17) is 5.11 Å². The van der Waals surface area contributed by atoms with Crippen molar-refractivity contribution in [2.45, 2.75) is 0 Å². The van der Waals surface area contributed by atoms with Crippen LogP contribution < -0.4 is 0 Å². The van der Waals surface area contributed by atoms with Gasteiger partial charge < -0.3 is 5.11 Å². The Morgan fingerprint density at radius 3 is 2.57 bits per heavy atom. The van der Waals surface area contributed by atoms with E-state index in [-0.39, 0.29) is 11.3 Å². The summed E-state index contributed by atoms with van der Waals surface area (Å²) in [6.07, 6.45) is 0.664. The van der Waals surface area contributed by atoms with Gasteiger partial charge in [0.25, 0.3) is 0 Å². The van der Waals surface area contributed by atoms with Gasteiger partial charge >= 0.3 is 5.97 Å². The van der Waals surface area contributed by atoms with Crippen molar-refractivity contribution >= 4 is 22.2 Å². The van der Waals surface area contributed by atoms with E-state index in [0.29, 0.717) is 6.08 Å². The molecule has 0 spiro atoms. The van der Waals surface area contributed by atoms with Crippen LogP contribution in [0.15, 0.2) is 6.08 Å². The largest absolute Gasteiger partial charge is 0.478 e. The van der Waals surface area contributed by atoms with E-state index in [9.17, 15) is 9.00 Å². The molecule has 38 valence electrons. The highest BCUT2D eigenvalue weighted by Crippen LogP contribution is 1.54. The fraction of sp³-hybridized carbons (Fsp3) is 0. The molecule has 7 heavy (non-hydrogen) atoms. The van der Waals surface area contributed by atoms with Gasteiger partial charge in [0, 0.05) is 0 Å². The molecule has 0 aromatic heterocycles. The van der Waals surface area contributed by atoms with E-state index in [1.54, 1.807) is 0 Å². The number of hydrogen-bond donors (Lipinski definition) is 1. The summed E-state index contributed by atoms with van der Waals surface area (Å²) in [6.45, 7) is 0. The minimum Gasteiger partial charge on any atom is -0.478 e. The Bertz CT molecular complexity index is 150. The molecule has 0 aliphatic rings. The minimum atomic E-state index is -1.15. The highest BCUT2D eigenvalue weighted by atomic mass is 32.1. The van der Waals surface area contributed by atoms with Gasteiger partial charge in [0.2, 0.25) is 0 Å². The van der Waals surface area contributed by atoms with Crippen LogP contribution in [-0.2, 0) is 16.1 Å². The summed E-state index contributed by atoms with van der Waals surface area (Å²) in [7, 11) is 0. The Morgan fingerprint density at radius 1 is 1.86 bits per heavy atom. The number of rotatable bonds is 1. The second-order valence-corrected chi connectivity index (χ2v) is 1.09. The van der Waals surface area contributed by atoms with E-state index in [0.717, 1.165) is 0 Å². The standard InChI is InChI=1S/C3H2O3S/c4-3(5)1-2-7-6/h1H,(H,4,5). The van der Waals surface area contributed by atoms with Crippen LogP contribution >= 0.6 is 0 Å². The molecule has 0 aromatic rings. The Labute approximate surface area is 43.3 Å². The lowest BCUT2D eigenvalue weighted by atomic mass is 10.7. The summed E-state index contributed by atoms with van der Waals surface area (Å²) in [6, 6.07) is 0. The Hall–Kier alpha value is -0.860. The molecular formula is C3H2O3S. The molecule has 0 heterocycles. The molecule has 0 aliphatic heterocycles. The lowest BCUT2D eigenvalue weighted by molar-refractivity contribution is -0.131. The number of carboxylic acid groups (broad SMARTS) is 1. The smallest absolute Gasteiger partial charge is 0.337 e. The summed E-state index contributed by atoms with van der Waals surface area (Å²) in [5, 5.41) is 9.66. The summed E-state index contributed by atoms with van der Waals surface area (Å²) < 4.78 is 9.35. The Balaban J connectivity index is 3.96. The molecule has 0 fully saturated rings. The third-order valence-corrected chi connectivity index (χ3v) is 0.445. The second kappa shape index (κ2) is 3.33. The fourth-order valence-electron chi connectivity index (χ4n) is 0.0745. The first-order chi connectivity index (χ1) is 3.27. The maximum Gasteiger partial charge on any atom is 0.337 e. The van der Waals surface area contributed by atoms with E-state index < -0.39 is 5.97 Å². The van der Waals surface area contributed by atoms with Crippen LogP contribution in [-0.4, -0.2) is 20.3 Å². The predicted octanol–water partition coefficient (Wildman–Crippen LogP) is -0.759. The van der Waals surface area contributed by atoms with Crippen LogP contribution in [0.3, 0.4) is 0 Å². The van der Waals surface area contributed by atoms with Crippen molar-refractivity contribution in [3.63, 3.8) is 0 Å². The van der Waals surface area contributed by atoms with E-state index >= 15 is 0 Å². The first kappa shape index (κ1) is 6.14. The van der Waals surface area contributed by atoms with Gasteiger partial charge in [-0.3, -0.25) is 0 Å². The van der Waals surface area contributed by atoms with Gasteiger partial charge in [0.05, 0.1) is 6.08 Å². The van der Waals surface area contributed by atoms with Crippen LogP contribution in [0.5, 0.6) is 0 Å². The molecule has 4 heteroatoms. The fourth-order valence-corrected chi connectivity index (χ4v) is 0.223. The van der Waals surface area contributed by atoms with Gasteiger partial charge in [-0.2, -0.15) is 0 Å². The second-order valence-electron chi connectivity index (χ2n) is 0.684. The van der Waals surface area contributed by atoms with Crippen molar-refractivity contribution in [3.05, 3.63) is 6.08 Å². The number of hydrogen-bond acceptors (Lipinski definition) is 2. The topological polar surface area (TPSA) is 54.4 Å². The zero-order chi connectivity index (χ0) is 5.70. The molecule has 3 nitrogen and oxygen atoms in total. The average molecular weight is 118 g/mol. The zero-order valence-corrected chi connectivity index (χ0v) is 4.07. The lowest BCUT2D eigenvalue weighted by Gasteiger charge is -1.64. The molecule has 0 rings (SSSR count). The predicted molar refractivity (Wildman–Crippen MR) is 25.4 cm³/mol. The van der Waals surface area contributed by atoms with Crippen LogP contribution in [0.1, 0.15) is 0 Å². The van der Waals surface area contributed by atoms with E-state index in [1.807, 2.05) is 5.02 Å². The third-order valence-electron chi connectivity index (χ3n) is 0.231. The molecule has 0 aromatic carbocycles. The molecule has 1 N–H and O–H groups in total. The Morgan fingerprint density at radius 2 is 2.43 bits per heavy atom. The molecule has 0 saturated carbocycles. The zero-order valence-electron chi connectivity index (χ0n) is 3.25. The first-order valence-electron chi connectivity index (χ1n) is 1.38. The maximum absolute atomic E-state index is 9.49.